The van der Waals surface area contributed by atoms with Gasteiger partial charge in [-0.1, -0.05) is 24.9 Å². The molecule has 0 saturated heterocycles. The summed E-state index contributed by atoms with van der Waals surface area (Å²) in [6.07, 6.45) is 3.13. The molecule has 102 valence electrons. The fraction of sp³-hybridized carbons (Fsp3) is 0.357. The van der Waals surface area contributed by atoms with E-state index in [1.54, 1.807) is 12.1 Å². The number of nitrogens with zero attached hydrogens (tertiary/aromatic N) is 1. The minimum absolute atomic E-state index is 0.244. The molecule has 0 saturated carbocycles. The first kappa shape index (κ1) is 13.9. The molecule has 0 aliphatic rings. The Labute approximate surface area is 117 Å². The Kier molecular flexibility index (Phi) is 4.80. The van der Waals surface area contributed by atoms with Crippen LogP contribution in [0.1, 0.15) is 31.3 Å². The lowest BCUT2D eigenvalue weighted by atomic mass is 10.2. The normalized spacial score (nSPS) is 10.7. The minimum Gasteiger partial charge on any atom is -0.379 e. The molecule has 0 amide bonds. The molecular weight excluding hydrogens is 265 g/mol. The van der Waals surface area contributed by atoms with Crippen LogP contribution in [-0.4, -0.2) is 9.97 Å². The highest BCUT2D eigenvalue weighted by Crippen LogP contribution is 2.16. The molecule has 0 fully saturated rings. The van der Waals surface area contributed by atoms with Crippen LogP contribution in [0, 0.1) is 5.82 Å². The first-order valence-electron chi connectivity index (χ1n) is 6.41. The largest absolute Gasteiger partial charge is 0.379 e. The summed E-state index contributed by atoms with van der Waals surface area (Å²) in [4.78, 5) is 7.50. The molecule has 1 aromatic carbocycles. The predicted molar refractivity (Wildman–Crippen MR) is 75.9 cm³/mol. The fourth-order valence-corrected chi connectivity index (χ4v) is 1.99. The zero-order chi connectivity index (χ0) is 13.7. The number of hydrogen-bond acceptors (Lipinski definition) is 2. The van der Waals surface area contributed by atoms with Gasteiger partial charge in [-0.25, -0.2) is 9.37 Å². The number of rotatable bonds is 6. The number of imidazole rings is 1. The Hall–Kier alpha value is -1.55. The summed E-state index contributed by atoms with van der Waals surface area (Å²) >= 11 is 6.07. The Bertz CT molecular complexity index is 522. The van der Waals surface area contributed by atoms with Gasteiger partial charge >= 0.3 is 0 Å². The molecule has 0 spiro atoms. The van der Waals surface area contributed by atoms with Gasteiger partial charge in [0.25, 0.3) is 0 Å². The number of hydrogen-bond donors (Lipinski definition) is 2. The number of nitrogens with one attached hydrogen (secondary N) is 2. The van der Waals surface area contributed by atoms with Crippen LogP contribution < -0.4 is 5.32 Å². The first-order chi connectivity index (χ1) is 9.19. The molecule has 2 aromatic rings. The first-order valence-corrected chi connectivity index (χ1v) is 6.79. The van der Waals surface area contributed by atoms with Crippen LogP contribution in [0.15, 0.2) is 24.3 Å². The minimum atomic E-state index is -0.244. The summed E-state index contributed by atoms with van der Waals surface area (Å²) in [5.74, 6) is 0.676. The van der Waals surface area contributed by atoms with Gasteiger partial charge < -0.3 is 10.3 Å². The summed E-state index contributed by atoms with van der Waals surface area (Å²) < 4.78 is 12.8. The van der Waals surface area contributed by atoms with E-state index in [1.165, 1.54) is 12.1 Å². The van der Waals surface area contributed by atoms with Crippen molar-refractivity contribution in [3.05, 3.63) is 46.8 Å². The molecule has 0 unspecified atom stereocenters. The number of aromatic amines is 1. The molecule has 0 aliphatic carbocycles. The van der Waals surface area contributed by atoms with Crippen LogP contribution >= 0.6 is 11.6 Å². The smallest absolute Gasteiger partial charge is 0.152 e. The van der Waals surface area contributed by atoms with Crippen molar-refractivity contribution in [3.63, 3.8) is 0 Å². The molecule has 0 aliphatic heterocycles. The summed E-state index contributed by atoms with van der Waals surface area (Å²) in [7, 11) is 0. The molecule has 1 heterocycles. The predicted octanol–water partition coefficient (Wildman–Crippen LogP) is 4.16. The molecule has 5 heteroatoms. The Balaban J connectivity index is 1.95. The summed E-state index contributed by atoms with van der Waals surface area (Å²) in [5.41, 5.74) is 1.71. The van der Waals surface area contributed by atoms with E-state index in [9.17, 15) is 4.39 Å². The van der Waals surface area contributed by atoms with Crippen LogP contribution in [0.4, 0.5) is 10.1 Å². The lowest BCUT2D eigenvalue weighted by Crippen LogP contribution is -2.00. The SMILES string of the molecule is CCCCc1nc(Cl)c(CNc2ccc(F)cc2)[nH]1. The van der Waals surface area contributed by atoms with Crippen LogP contribution in [0.3, 0.4) is 0 Å². The summed E-state index contributed by atoms with van der Waals surface area (Å²) in [5, 5.41) is 3.68. The zero-order valence-corrected chi connectivity index (χ0v) is 11.6. The maximum Gasteiger partial charge on any atom is 0.152 e. The van der Waals surface area contributed by atoms with E-state index in [0.717, 1.165) is 36.5 Å². The molecule has 0 bridgehead atoms. The van der Waals surface area contributed by atoms with Crippen molar-refractivity contribution >= 4 is 17.3 Å². The molecule has 2 N–H and O–H groups in total. The third kappa shape index (κ3) is 3.96. The monoisotopic (exact) mass is 281 g/mol. The highest BCUT2D eigenvalue weighted by atomic mass is 35.5. The maximum atomic E-state index is 12.8. The average Bonchev–Trinajstić information content (AvgIpc) is 2.76. The van der Waals surface area contributed by atoms with Crippen LogP contribution in [-0.2, 0) is 13.0 Å². The van der Waals surface area contributed by atoms with Crippen molar-refractivity contribution in [2.24, 2.45) is 0 Å². The van der Waals surface area contributed by atoms with Crippen molar-refractivity contribution in [2.75, 3.05) is 5.32 Å². The van der Waals surface area contributed by atoms with Crippen molar-refractivity contribution in [1.82, 2.24) is 9.97 Å². The standard InChI is InChI=1S/C14H17ClFN3/c1-2-3-4-13-18-12(14(15)19-13)9-17-11-7-5-10(16)6-8-11/h5-8,17H,2-4,9H2,1H3,(H,18,19). The van der Waals surface area contributed by atoms with E-state index in [4.69, 9.17) is 11.6 Å². The van der Waals surface area contributed by atoms with Gasteiger partial charge in [0.2, 0.25) is 0 Å². The van der Waals surface area contributed by atoms with Gasteiger partial charge in [-0.3, -0.25) is 0 Å². The van der Waals surface area contributed by atoms with Gasteiger partial charge in [-0.15, -0.1) is 0 Å². The number of aromatic nitrogens is 2. The highest BCUT2D eigenvalue weighted by Gasteiger charge is 2.07. The van der Waals surface area contributed by atoms with E-state index in [1.807, 2.05) is 0 Å². The second-order valence-electron chi connectivity index (χ2n) is 4.42. The zero-order valence-electron chi connectivity index (χ0n) is 10.8. The Morgan fingerprint density at radius 1 is 1.32 bits per heavy atom. The van der Waals surface area contributed by atoms with E-state index in [-0.39, 0.29) is 5.82 Å². The van der Waals surface area contributed by atoms with Crippen LogP contribution in [0.5, 0.6) is 0 Å². The van der Waals surface area contributed by atoms with Crippen LogP contribution in [0.25, 0.3) is 0 Å². The molecule has 0 radical (unpaired) electrons. The van der Waals surface area contributed by atoms with Gasteiger partial charge in [-0.2, -0.15) is 0 Å². The lowest BCUT2D eigenvalue weighted by molar-refractivity contribution is 0.628. The quantitative estimate of drug-likeness (QED) is 0.835. The van der Waals surface area contributed by atoms with Crippen LogP contribution in [0.2, 0.25) is 5.15 Å². The van der Waals surface area contributed by atoms with Crippen molar-refractivity contribution < 1.29 is 4.39 Å². The van der Waals surface area contributed by atoms with Gasteiger partial charge in [0.05, 0.1) is 12.2 Å². The summed E-state index contributed by atoms with van der Waals surface area (Å²) in [6.45, 7) is 2.69. The topological polar surface area (TPSA) is 40.7 Å². The molecule has 1 aromatic heterocycles. The van der Waals surface area contributed by atoms with Gasteiger partial charge in [-0.05, 0) is 30.7 Å². The Morgan fingerprint density at radius 3 is 2.74 bits per heavy atom. The second kappa shape index (κ2) is 6.57. The fourth-order valence-electron chi connectivity index (χ4n) is 1.78. The Morgan fingerprint density at radius 2 is 2.05 bits per heavy atom. The number of aryl methyl sites for hydroxylation is 1. The van der Waals surface area contributed by atoms with E-state index < -0.39 is 0 Å². The van der Waals surface area contributed by atoms with Gasteiger partial charge in [0, 0.05) is 12.1 Å². The third-order valence-corrected chi connectivity index (χ3v) is 3.17. The third-order valence-electron chi connectivity index (χ3n) is 2.86. The van der Waals surface area contributed by atoms with Gasteiger partial charge in [0.15, 0.2) is 5.15 Å². The van der Waals surface area contributed by atoms with E-state index >= 15 is 0 Å². The maximum absolute atomic E-state index is 12.8. The number of unbranched alkanes of at least 4 members (excludes halogenated alkanes) is 1. The highest BCUT2D eigenvalue weighted by molar-refractivity contribution is 6.30. The molecule has 19 heavy (non-hydrogen) atoms. The molecule has 0 atom stereocenters. The average molecular weight is 282 g/mol. The number of anilines is 1. The van der Waals surface area contributed by atoms with Crippen molar-refractivity contribution in [1.29, 1.82) is 0 Å². The van der Waals surface area contributed by atoms with E-state index in [0.29, 0.717) is 11.7 Å². The number of H-pyrrole nitrogens is 1. The molecule has 2 rings (SSSR count). The number of halogens is 2. The molecular formula is C14H17ClFN3. The number of benzene rings is 1. The molecule has 3 nitrogen and oxygen atoms in total. The van der Waals surface area contributed by atoms with Crippen molar-refractivity contribution in [3.8, 4) is 0 Å². The second-order valence-corrected chi connectivity index (χ2v) is 4.77. The van der Waals surface area contributed by atoms with E-state index in [2.05, 4.69) is 22.2 Å². The van der Waals surface area contributed by atoms with Crippen molar-refractivity contribution in [2.45, 2.75) is 32.7 Å². The van der Waals surface area contributed by atoms with Gasteiger partial charge in [0.1, 0.15) is 11.6 Å². The summed E-state index contributed by atoms with van der Waals surface area (Å²) in [6, 6.07) is 6.22. The lowest BCUT2D eigenvalue weighted by Gasteiger charge is -2.04.